The summed E-state index contributed by atoms with van der Waals surface area (Å²) in [6, 6.07) is 4.13. The highest BCUT2D eigenvalue weighted by atomic mass is 35.5. The molecule has 5 N–H and O–H groups in total. The van der Waals surface area contributed by atoms with Crippen LogP contribution in [0.2, 0.25) is 5.02 Å². The third-order valence-electron chi connectivity index (χ3n) is 1.51. The molecule has 4 nitrogen and oxygen atoms in total. The fourth-order valence-electron chi connectivity index (χ4n) is 0.902. The predicted molar refractivity (Wildman–Crippen MR) is 60.5 cm³/mol. The Morgan fingerprint density at radius 1 is 1.43 bits per heavy atom. The van der Waals surface area contributed by atoms with Gasteiger partial charge < -0.3 is 16.8 Å². The summed E-state index contributed by atoms with van der Waals surface area (Å²) < 4.78 is 0. The first kappa shape index (κ1) is 10.7. The van der Waals surface area contributed by atoms with E-state index < -0.39 is 6.03 Å². The molecule has 0 atom stereocenters. The lowest BCUT2D eigenvalue weighted by Gasteiger charge is -2.05. The van der Waals surface area contributed by atoms with E-state index >= 15 is 0 Å². The van der Waals surface area contributed by atoms with E-state index in [1.165, 1.54) is 0 Å². The van der Waals surface area contributed by atoms with Gasteiger partial charge in [-0.2, -0.15) is 0 Å². The van der Waals surface area contributed by atoms with Crippen molar-refractivity contribution in [1.29, 1.82) is 0 Å². The highest BCUT2D eigenvalue weighted by Gasteiger charge is 2.04. The van der Waals surface area contributed by atoms with E-state index in [-0.39, 0.29) is 4.99 Å². The lowest BCUT2D eigenvalue weighted by Crippen LogP contribution is -2.19. The second-order valence-electron chi connectivity index (χ2n) is 2.55. The maximum absolute atomic E-state index is 10.5. The van der Waals surface area contributed by atoms with Crippen LogP contribution in [0.1, 0.15) is 5.56 Å². The Hall–Kier alpha value is -1.33. The van der Waals surface area contributed by atoms with Crippen molar-refractivity contribution in [2.75, 3.05) is 5.32 Å². The van der Waals surface area contributed by atoms with Crippen LogP contribution in [-0.2, 0) is 0 Å². The van der Waals surface area contributed by atoms with Crippen molar-refractivity contribution in [1.82, 2.24) is 0 Å². The van der Waals surface area contributed by atoms with Crippen LogP contribution in [0.4, 0.5) is 10.5 Å². The molecular weight excluding hydrogens is 222 g/mol. The van der Waals surface area contributed by atoms with Gasteiger partial charge in [0.1, 0.15) is 4.99 Å². The molecule has 1 aromatic rings. The van der Waals surface area contributed by atoms with E-state index in [4.69, 9.17) is 35.3 Å². The zero-order valence-electron chi connectivity index (χ0n) is 7.08. The molecule has 0 aliphatic rings. The number of hydrogen-bond donors (Lipinski definition) is 3. The second-order valence-corrected chi connectivity index (χ2v) is 3.40. The van der Waals surface area contributed by atoms with Crippen molar-refractivity contribution in [2.45, 2.75) is 0 Å². The molecular formula is C8H8ClN3OS. The van der Waals surface area contributed by atoms with Crippen LogP contribution < -0.4 is 16.8 Å². The predicted octanol–water partition coefficient (Wildman–Crippen LogP) is 1.46. The van der Waals surface area contributed by atoms with E-state index in [1.54, 1.807) is 18.2 Å². The van der Waals surface area contributed by atoms with Crippen LogP contribution in [0.15, 0.2) is 18.2 Å². The average Bonchev–Trinajstić information content (AvgIpc) is 2.07. The lowest BCUT2D eigenvalue weighted by molar-refractivity contribution is 0.259. The summed E-state index contributed by atoms with van der Waals surface area (Å²) in [4.78, 5) is 10.8. The van der Waals surface area contributed by atoms with Gasteiger partial charge in [-0.05, 0) is 18.2 Å². The maximum Gasteiger partial charge on any atom is 0.316 e. The smallest absolute Gasteiger partial charge is 0.316 e. The summed E-state index contributed by atoms with van der Waals surface area (Å²) in [6.07, 6.45) is 0. The fraction of sp³-hybridized carbons (Fsp3) is 0. The van der Waals surface area contributed by atoms with Crippen LogP contribution in [-0.4, -0.2) is 11.0 Å². The quantitative estimate of drug-likeness (QED) is 0.672. The number of nitrogens with one attached hydrogen (secondary N) is 1. The van der Waals surface area contributed by atoms with Gasteiger partial charge in [0, 0.05) is 5.56 Å². The minimum Gasteiger partial charge on any atom is -0.389 e. The first-order valence-electron chi connectivity index (χ1n) is 3.66. The molecule has 0 radical (unpaired) electrons. The topological polar surface area (TPSA) is 81.1 Å². The minimum atomic E-state index is -0.671. The summed E-state index contributed by atoms with van der Waals surface area (Å²) in [7, 11) is 0. The van der Waals surface area contributed by atoms with Crippen LogP contribution in [0.5, 0.6) is 0 Å². The Morgan fingerprint density at radius 2 is 2.07 bits per heavy atom. The van der Waals surface area contributed by atoms with Crippen LogP contribution in [0.25, 0.3) is 0 Å². The molecule has 74 valence electrons. The third kappa shape index (κ3) is 2.58. The van der Waals surface area contributed by atoms with E-state index in [9.17, 15) is 4.79 Å². The number of nitrogens with two attached hydrogens (primary N) is 2. The molecule has 1 aromatic carbocycles. The molecule has 2 amide bonds. The summed E-state index contributed by atoms with van der Waals surface area (Å²) in [5, 5.41) is 2.70. The van der Waals surface area contributed by atoms with Crippen molar-refractivity contribution in [3.8, 4) is 0 Å². The second kappa shape index (κ2) is 4.26. The number of benzene rings is 1. The molecule has 0 aromatic heterocycles. The number of carbonyl (C=O) groups is 1. The van der Waals surface area contributed by atoms with Crippen LogP contribution in [0.3, 0.4) is 0 Å². The third-order valence-corrected chi connectivity index (χ3v) is 2.06. The van der Waals surface area contributed by atoms with Crippen molar-refractivity contribution < 1.29 is 4.79 Å². The maximum atomic E-state index is 10.5. The van der Waals surface area contributed by atoms with Gasteiger partial charge in [0.05, 0.1) is 10.7 Å². The number of thiocarbonyl (C=S) groups is 1. The zero-order valence-corrected chi connectivity index (χ0v) is 8.65. The summed E-state index contributed by atoms with van der Waals surface area (Å²) in [5.74, 6) is 0. The monoisotopic (exact) mass is 229 g/mol. The van der Waals surface area contributed by atoms with Crippen LogP contribution in [0, 0.1) is 0 Å². The van der Waals surface area contributed by atoms with Gasteiger partial charge in [-0.15, -0.1) is 0 Å². The van der Waals surface area contributed by atoms with E-state index in [0.717, 1.165) is 0 Å². The first-order valence-corrected chi connectivity index (χ1v) is 4.45. The number of hydrogen-bond acceptors (Lipinski definition) is 2. The number of carbonyl (C=O) groups excluding carboxylic acids is 1. The number of urea groups is 1. The molecule has 0 unspecified atom stereocenters. The molecule has 0 bridgehead atoms. The molecule has 0 aliphatic heterocycles. The Morgan fingerprint density at radius 3 is 2.50 bits per heavy atom. The molecule has 0 aliphatic carbocycles. The number of primary amides is 1. The Kier molecular flexibility index (Phi) is 3.27. The normalized spacial score (nSPS) is 9.50. The van der Waals surface area contributed by atoms with E-state index in [1.807, 2.05) is 0 Å². The molecule has 0 fully saturated rings. The van der Waals surface area contributed by atoms with Crippen LogP contribution >= 0.6 is 23.8 Å². The van der Waals surface area contributed by atoms with Gasteiger partial charge in [-0.3, -0.25) is 0 Å². The van der Waals surface area contributed by atoms with Gasteiger partial charge in [0.25, 0.3) is 0 Å². The molecule has 6 heteroatoms. The summed E-state index contributed by atoms with van der Waals surface area (Å²) in [5.41, 5.74) is 11.4. The zero-order chi connectivity index (χ0) is 10.7. The van der Waals surface area contributed by atoms with E-state index in [0.29, 0.717) is 16.3 Å². The molecule has 0 saturated carbocycles. The number of halogens is 1. The van der Waals surface area contributed by atoms with Crippen molar-refractivity contribution in [2.24, 2.45) is 11.5 Å². The van der Waals surface area contributed by atoms with E-state index in [2.05, 4.69) is 5.32 Å². The SMILES string of the molecule is NC(=O)Nc1ccc(C(N)=S)cc1Cl. The van der Waals surface area contributed by atoms with Gasteiger partial charge in [-0.25, -0.2) is 4.79 Å². The Labute approximate surface area is 91.2 Å². The van der Waals surface area contributed by atoms with Gasteiger partial charge in [0.2, 0.25) is 0 Å². The standard InChI is InChI=1S/C8H8ClN3OS/c9-5-3-4(7(10)14)1-2-6(5)12-8(11)13/h1-3H,(H2,10,14)(H3,11,12,13). The minimum absolute atomic E-state index is 0.248. The lowest BCUT2D eigenvalue weighted by atomic mass is 10.2. The van der Waals surface area contributed by atoms with Crippen molar-refractivity contribution >= 4 is 40.5 Å². The van der Waals surface area contributed by atoms with Crippen molar-refractivity contribution in [3.63, 3.8) is 0 Å². The van der Waals surface area contributed by atoms with Gasteiger partial charge >= 0.3 is 6.03 Å². The average molecular weight is 230 g/mol. The molecule has 0 heterocycles. The van der Waals surface area contributed by atoms with Gasteiger partial charge in [-0.1, -0.05) is 23.8 Å². The number of rotatable bonds is 2. The largest absolute Gasteiger partial charge is 0.389 e. The Bertz CT molecular complexity index is 394. The first-order chi connectivity index (χ1) is 6.50. The highest BCUT2D eigenvalue weighted by molar-refractivity contribution is 7.80. The molecule has 1 rings (SSSR count). The molecule has 0 saturated heterocycles. The summed E-state index contributed by atoms with van der Waals surface area (Å²) >= 11 is 10.6. The fourth-order valence-corrected chi connectivity index (χ4v) is 1.26. The van der Waals surface area contributed by atoms with Crippen molar-refractivity contribution in [3.05, 3.63) is 28.8 Å². The molecule has 0 spiro atoms. The highest BCUT2D eigenvalue weighted by Crippen LogP contribution is 2.22. The number of amides is 2. The molecule has 14 heavy (non-hydrogen) atoms. The van der Waals surface area contributed by atoms with Gasteiger partial charge in [0.15, 0.2) is 0 Å². The number of anilines is 1. The summed E-state index contributed by atoms with van der Waals surface area (Å²) in [6.45, 7) is 0. The Balaban J connectivity index is 3.01.